The molecule has 0 spiro atoms. The Hall–Kier alpha value is -1.39. The van der Waals surface area contributed by atoms with Crippen LogP contribution in [0.3, 0.4) is 0 Å². The van der Waals surface area contributed by atoms with E-state index in [0.29, 0.717) is 18.0 Å². The topological polar surface area (TPSA) is 52.6 Å². The van der Waals surface area contributed by atoms with Crippen LogP contribution in [-0.2, 0) is 6.54 Å². The zero-order chi connectivity index (χ0) is 13.0. The smallest absolute Gasteiger partial charge is 0.336 e. The summed E-state index contributed by atoms with van der Waals surface area (Å²) in [6.07, 6.45) is 1.23. The zero-order valence-corrected chi connectivity index (χ0v) is 10.7. The van der Waals surface area contributed by atoms with Gasteiger partial charge in [-0.15, -0.1) is 0 Å². The van der Waals surface area contributed by atoms with E-state index in [1.807, 2.05) is 12.1 Å². The molecule has 0 radical (unpaired) electrons. The molecular formula is C14H20N2O2. The van der Waals surface area contributed by atoms with Gasteiger partial charge < -0.3 is 15.3 Å². The minimum absolute atomic E-state index is 0.397. The van der Waals surface area contributed by atoms with Crippen molar-refractivity contribution >= 4 is 5.97 Å². The lowest BCUT2D eigenvalue weighted by molar-refractivity contribution is 0.0695. The second-order valence-electron chi connectivity index (χ2n) is 5.01. The Morgan fingerprint density at radius 2 is 2.28 bits per heavy atom. The van der Waals surface area contributed by atoms with Gasteiger partial charge in [-0.3, -0.25) is 0 Å². The van der Waals surface area contributed by atoms with E-state index in [9.17, 15) is 4.79 Å². The van der Waals surface area contributed by atoms with Crippen molar-refractivity contribution in [3.05, 3.63) is 35.4 Å². The van der Waals surface area contributed by atoms with Gasteiger partial charge in [0.1, 0.15) is 0 Å². The lowest BCUT2D eigenvalue weighted by Crippen LogP contribution is -2.25. The summed E-state index contributed by atoms with van der Waals surface area (Å²) in [7, 11) is 2.14. The normalized spacial score (nSPS) is 20.2. The van der Waals surface area contributed by atoms with Crippen LogP contribution in [0.5, 0.6) is 0 Å². The van der Waals surface area contributed by atoms with Crippen LogP contribution in [0.25, 0.3) is 0 Å². The Morgan fingerprint density at radius 3 is 2.94 bits per heavy atom. The fraction of sp³-hybridized carbons (Fsp3) is 0.500. The minimum atomic E-state index is -0.854. The van der Waals surface area contributed by atoms with Crippen LogP contribution in [0.2, 0.25) is 0 Å². The summed E-state index contributed by atoms with van der Waals surface area (Å²) in [5, 5.41) is 12.4. The molecule has 0 amide bonds. The molecule has 18 heavy (non-hydrogen) atoms. The van der Waals surface area contributed by atoms with Crippen molar-refractivity contribution in [1.29, 1.82) is 0 Å². The van der Waals surface area contributed by atoms with E-state index in [0.717, 1.165) is 25.2 Å². The van der Waals surface area contributed by atoms with Gasteiger partial charge in [0.05, 0.1) is 5.56 Å². The van der Waals surface area contributed by atoms with Gasteiger partial charge in [-0.25, -0.2) is 4.79 Å². The Kier molecular flexibility index (Phi) is 4.33. The number of carboxylic acid groups (broad SMARTS) is 1. The first-order valence-corrected chi connectivity index (χ1v) is 6.37. The molecule has 4 heteroatoms. The van der Waals surface area contributed by atoms with Gasteiger partial charge >= 0.3 is 5.97 Å². The summed E-state index contributed by atoms with van der Waals surface area (Å²) in [5.41, 5.74) is 1.25. The van der Waals surface area contributed by atoms with E-state index in [1.54, 1.807) is 12.1 Å². The molecule has 1 heterocycles. The quantitative estimate of drug-likeness (QED) is 0.827. The average Bonchev–Trinajstić information content (AvgIpc) is 2.75. The maximum Gasteiger partial charge on any atom is 0.336 e. The van der Waals surface area contributed by atoms with Gasteiger partial charge in [-0.1, -0.05) is 18.2 Å². The third-order valence-electron chi connectivity index (χ3n) is 3.49. The molecule has 2 rings (SSSR count). The highest BCUT2D eigenvalue weighted by Crippen LogP contribution is 2.14. The van der Waals surface area contributed by atoms with Crippen LogP contribution in [0.15, 0.2) is 24.3 Å². The molecule has 1 saturated heterocycles. The highest BCUT2D eigenvalue weighted by Gasteiger charge is 2.18. The van der Waals surface area contributed by atoms with E-state index in [-0.39, 0.29) is 0 Å². The third-order valence-corrected chi connectivity index (χ3v) is 3.49. The van der Waals surface area contributed by atoms with Crippen LogP contribution < -0.4 is 5.32 Å². The molecular weight excluding hydrogens is 228 g/mol. The zero-order valence-electron chi connectivity index (χ0n) is 10.7. The Labute approximate surface area is 108 Å². The van der Waals surface area contributed by atoms with E-state index in [4.69, 9.17) is 5.11 Å². The molecule has 98 valence electrons. The lowest BCUT2D eigenvalue weighted by Gasteiger charge is -2.12. The summed E-state index contributed by atoms with van der Waals surface area (Å²) in [4.78, 5) is 13.4. The molecule has 1 aliphatic rings. The van der Waals surface area contributed by atoms with E-state index in [2.05, 4.69) is 17.3 Å². The number of hydrogen-bond acceptors (Lipinski definition) is 3. The van der Waals surface area contributed by atoms with Gasteiger partial charge in [-0.2, -0.15) is 0 Å². The number of likely N-dealkylation sites (tertiary alicyclic amines) is 1. The van der Waals surface area contributed by atoms with Crippen LogP contribution in [0.1, 0.15) is 22.3 Å². The maximum absolute atomic E-state index is 11.0. The molecule has 0 aromatic heterocycles. The number of benzene rings is 1. The van der Waals surface area contributed by atoms with Gasteiger partial charge in [0.25, 0.3) is 0 Å². The standard InChI is InChI=1S/C14H20N2O2/c1-16-7-6-11(10-16)8-15-9-12-4-2-3-5-13(12)14(17)18/h2-5,11,15H,6-10H2,1H3,(H,17,18). The van der Waals surface area contributed by atoms with Crippen molar-refractivity contribution in [2.75, 3.05) is 26.7 Å². The van der Waals surface area contributed by atoms with Crippen LogP contribution in [0, 0.1) is 5.92 Å². The predicted molar refractivity (Wildman–Crippen MR) is 70.7 cm³/mol. The van der Waals surface area contributed by atoms with Gasteiger partial charge in [0, 0.05) is 13.1 Å². The molecule has 1 unspecified atom stereocenters. The monoisotopic (exact) mass is 248 g/mol. The molecule has 1 aromatic rings. The molecule has 0 bridgehead atoms. The summed E-state index contributed by atoms with van der Waals surface area (Å²) < 4.78 is 0. The van der Waals surface area contributed by atoms with Crippen LogP contribution >= 0.6 is 0 Å². The Balaban J connectivity index is 1.85. The first-order chi connectivity index (χ1) is 8.66. The number of hydrogen-bond donors (Lipinski definition) is 2. The minimum Gasteiger partial charge on any atom is -0.478 e. The number of rotatable bonds is 5. The molecule has 1 aliphatic heterocycles. The fourth-order valence-corrected chi connectivity index (χ4v) is 2.49. The fourth-order valence-electron chi connectivity index (χ4n) is 2.49. The largest absolute Gasteiger partial charge is 0.478 e. The molecule has 0 aliphatic carbocycles. The Morgan fingerprint density at radius 1 is 1.50 bits per heavy atom. The first-order valence-electron chi connectivity index (χ1n) is 6.37. The molecule has 0 saturated carbocycles. The lowest BCUT2D eigenvalue weighted by atomic mass is 10.1. The number of nitrogens with zero attached hydrogens (tertiary/aromatic N) is 1. The van der Waals surface area contributed by atoms with Crippen molar-refractivity contribution in [2.45, 2.75) is 13.0 Å². The predicted octanol–water partition coefficient (Wildman–Crippen LogP) is 1.43. The van der Waals surface area contributed by atoms with Gasteiger partial charge in [0.15, 0.2) is 0 Å². The van der Waals surface area contributed by atoms with E-state index in [1.165, 1.54) is 6.42 Å². The van der Waals surface area contributed by atoms with Crippen molar-refractivity contribution in [3.8, 4) is 0 Å². The summed E-state index contributed by atoms with van der Waals surface area (Å²) in [6.45, 7) is 3.88. The highest BCUT2D eigenvalue weighted by atomic mass is 16.4. The number of carboxylic acids is 1. The Bertz CT molecular complexity index is 420. The molecule has 2 N–H and O–H groups in total. The van der Waals surface area contributed by atoms with Crippen molar-refractivity contribution in [3.63, 3.8) is 0 Å². The summed E-state index contributed by atoms with van der Waals surface area (Å²) in [5.74, 6) is -0.167. The molecule has 4 nitrogen and oxygen atoms in total. The van der Waals surface area contributed by atoms with Crippen molar-refractivity contribution < 1.29 is 9.90 Å². The first kappa shape index (κ1) is 13.1. The molecule has 1 fully saturated rings. The number of carbonyl (C=O) groups is 1. The van der Waals surface area contributed by atoms with Crippen LogP contribution in [0.4, 0.5) is 0 Å². The van der Waals surface area contributed by atoms with E-state index < -0.39 is 5.97 Å². The highest BCUT2D eigenvalue weighted by molar-refractivity contribution is 5.89. The van der Waals surface area contributed by atoms with Crippen molar-refractivity contribution in [2.24, 2.45) is 5.92 Å². The van der Waals surface area contributed by atoms with E-state index >= 15 is 0 Å². The molecule has 1 atom stereocenters. The second-order valence-corrected chi connectivity index (χ2v) is 5.01. The number of nitrogens with one attached hydrogen (secondary N) is 1. The maximum atomic E-state index is 11.0. The third kappa shape index (κ3) is 3.31. The average molecular weight is 248 g/mol. The second kappa shape index (κ2) is 5.98. The SMILES string of the molecule is CN1CCC(CNCc2ccccc2C(=O)O)C1. The summed E-state index contributed by atoms with van der Waals surface area (Å²) >= 11 is 0. The number of aromatic carboxylic acids is 1. The van der Waals surface area contributed by atoms with Gasteiger partial charge in [-0.05, 0) is 44.1 Å². The van der Waals surface area contributed by atoms with Gasteiger partial charge in [0.2, 0.25) is 0 Å². The summed E-state index contributed by atoms with van der Waals surface area (Å²) in [6, 6.07) is 7.17. The van der Waals surface area contributed by atoms with Crippen molar-refractivity contribution in [1.82, 2.24) is 10.2 Å². The molecule has 1 aromatic carbocycles. The van der Waals surface area contributed by atoms with Crippen LogP contribution in [-0.4, -0.2) is 42.7 Å².